The van der Waals surface area contributed by atoms with Crippen molar-refractivity contribution in [2.24, 2.45) is 5.92 Å². The zero-order valence-electron chi connectivity index (χ0n) is 12.7. The van der Waals surface area contributed by atoms with Crippen molar-refractivity contribution in [3.05, 3.63) is 47.4 Å². The van der Waals surface area contributed by atoms with E-state index in [2.05, 4.69) is 18.3 Å². The lowest BCUT2D eigenvalue weighted by Gasteiger charge is -2.17. The van der Waals surface area contributed by atoms with Gasteiger partial charge in [-0.25, -0.2) is 0 Å². The highest BCUT2D eigenvalue weighted by atomic mass is 16.5. The Morgan fingerprint density at radius 2 is 1.90 bits per heavy atom. The van der Waals surface area contributed by atoms with Crippen molar-refractivity contribution in [1.82, 2.24) is 5.32 Å². The summed E-state index contributed by atoms with van der Waals surface area (Å²) in [5.74, 6) is 2.95. The minimum Gasteiger partial charge on any atom is -0.489 e. The Balaban J connectivity index is 1.94. The SMILES string of the molecule is CNC(c1ccc2c(c1)OCC(C)CO2)c1occc1C. The third-order valence-electron chi connectivity index (χ3n) is 3.80. The molecule has 0 saturated heterocycles. The number of ether oxygens (including phenoxy) is 2. The predicted octanol–water partition coefficient (Wildman–Crippen LogP) is 3.30. The largest absolute Gasteiger partial charge is 0.489 e. The van der Waals surface area contributed by atoms with Crippen LogP contribution in [0.15, 0.2) is 34.9 Å². The van der Waals surface area contributed by atoms with Crippen molar-refractivity contribution in [3.8, 4) is 11.5 Å². The maximum atomic E-state index is 5.86. The van der Waals surface area contributed by atoms with E-state index in [0.717, 1.165) is 28.4 Å². The molecule has 21 heavy (non-hydrogen) atoms. The summed E-state index contributed by atoms with van der Waals surface area (Å²) < 4.78 is 17.3. The summed E-state index contributed by atoms with van der Waals surface area (Å²) in [6.07, 6.45) is 1.72. The molecule has 2 heterocycles. The molecule has 0 bridgehead atoms. The normalized spacial score (nSPS) is 19.1. The molecular formula is C17H21NO3. The minimum atomic E-state index is 0.00887. The Labute approximate surface area is 125 Å². The maximum Gasteiger partial charge on any atom is 0.161 e. The van der Waals surface area contributed by atoms with Gasteiger partial charge in [0.15, 0.2) is 11.5 Å². The van der Waals surface area contributed by atoms with E-state index < -0.39 is 0 Å². The molecule has 0 radical (unpaired) electrons. The van der Waals surface area contributed by atoms with Crippen LogP contribution < -0.4 is 14.8 Å². The number of hydrogen-bond donors (Lipinski definition) is 1. The number of aryl methyl sites for hydroxylation is 1. The van der Waals surface area contributed by atoms with Crippen LogP contribution in [0.3, 0.4) is 0 Å². The molecule has 1 aliphatic heterocycles. The first-order valence-electron chi connectivity index (χ1n) is 7.30. The monoisotopic (exact) mass is 287 g/mol. The molecule has 0 spiro atoms. The van der Waals surface area contributed by atoms with Gasteiger partial charge in [-0.1, -0.05) is 13.0 Å². The topological polar surface area (TPSA) is 43.6 Å². The lowest BCUT2D eigenvalue weighted by Crippen LogP contribution is -2.18. The first-order valence-corrected chi connectivity index (χ1v) is 7.30. The third kappa shape index (κ3) is 2.76. The van der Waals surface area contributed by atoms with Crippen LogP contribution in [-0.4, -0.2) is 20.3 Å². The molecule has 1 aromatic carbocycles. The van der Waals surface area contributed by atoms with E-state index in [1.807, 2.05) is 32.2 Å². The molecule has 1 aromatic heterocycles. The average Bonchev–Trinajstić information content (AvgIpc) is 2.81. The van der Waals surface area contributed by atoms with Crippen LogP contribution in [0.1, 0.15) is 29.9 Å². The van der Waals surface area contributed by atoms with E-state index in [1.54, 1.807) is 6.26 Å². The Hall–Kier alpha value is -1.94. The van der Waals surface area contributed by atoms with Gasteiger partial charge in [-0.05, 0) is 43.3 Å². The van der Waals surface area contributed by atoms with Crippen molar-refractivity contribution in [2.45, 2.75) is 19.9 Å². The Morgan fingerprint density at radius 3 is 2.57 bits per heavy atom. The second kappa shape index (κ2) is 5.82. The molecule has 2 aromatic rings. The molecule has 0 aliphatic carbocycles. The maximum absolute atomic E-state index is 5.86. The number of benzene rings is 1. The number of rotatable bonds is 3. The van der Waals surface area contributed by atoms with Gasteiger partial charge < -0.3 is 19.2 Å². The van der Waals surface area contributed by atoms with Crippen LogP contribution in [0.4, 0.5) is 0 Å². The average molecular weight is 287 g/mol. The fourth-order valence-corrected chi connectivity index (χ4v) is 2.58. The lowest BCUT2D eigenvalue weighted by molar-refractivity contribution is 0.228. The van der Waals surface area contributed by atoms with Gasteiger partial charge >= 0.3 is 0 Å². The Morgan fingerprint density at radius 1 is 1.14 bits per heavy atom. The molecule has 112 valence electrons. The van der Waals surface area contributed by atoms with E-state index >= 15 is 0 Å². The number of fused-ring (bicyclic) bond motifs is 1. The van der Waals surface area contributed by atoms with Crippen molar-refractivity contribution >= 4 is 0 Å². The molecule has 4 nitrogen and oxygen atoms in total. The summed E-state index contributed by atoms with van der Waals surface area (Å²) in [6.45, 7) is 5.54. The van der Waals surface area contributed by atoms with E-state index in [-0.39, 0.29) is 6.04 Å². The van der Waals surface area contributed by atoms with Gasteiger partial charge in [0.05, 0.1) is 25.5 Å². The molecule has 2 unspecified atom stereocenters. The first-order chi connectivity index (χ1) is 10.2. The summed E-state index contributed by atoms with van der Waals surface area (Å²) in [4.78, 5) is 0. The van der Waals surface area contributed by atoms with Gasteiger partial charge in [-0.15, -0.1) is 0 Å². The molecule has 1 N–H and O–H groups in total. The number of furan rings is 1. The third-order valence-corrected chi connectivity index (χ3v) is 3.80. The number of hydrogen-bond acceptors (Lipinski definition) is 4. The van der Waals surface area contributed by atoms with Gasteiger partial charge in [0, 0.05) is 5.92 Å². The lowest BCUT2D eigenvalue weighted by atomic mass is 10.0. The highest BCUT2D eigenvalue weighted by Gasteiger charge is 2.21. The summed E-state index contributed by atoms with van der Waals surface area (Å²) in [5, 5.41) is 3.30. The second-order valence-corrected chi connectivity index (χ2v) is 5.62. The van der Waals surface area contributed by atoms with E-state index in [0.29, 0.717) is 19.1 Å². The predicted molar refractivity (Wildman–Crippen MR) is 80.9 cm³/mol. The van der Waals surface area contributed by atoms with Crippen LogP contribution >= 0.6 is 0 Å². The van der Waals surface area contributed by atoms with Gasteiger partial charge in [-0.3, -0.25) is 0 Å². The first kappa shape index (κ1) is 14.0. The highest BCUT2D eigenvalue weighted by molar-refractivity contribution is 5.46. The van der Waals surface area contributed by atoms with Gasteiger partial charge in [0.1, 0.15) is 5.76 Å². The highest BCUT2D eigenvalue weighted by Crippen LogP contribution is 2.35. The van der Waals surface area contributed by atoms with Crippen LogP contribution in [0.25, 0.3) is 0 Å². The Bertz CT molecular complexity index is 620. The molecule has 0 saturated carbocycles. The van der Waals surface area contributed by atoms with Gasteiger partial charge in [0.25, 0.3) is 0 Å². The van der Waals surface area contributed by atoms with E-state index in [1.165, 1.54) is 0 Å². The summed E-state index contributed by atoms with van der Waals surface area (Å²) in [7, 11) is 1.93. The fourth-order valence-electron chi connectivity index (χ4n) is 2.58. The van der Waals surface area contributed by atoms with Crippen molar-refractivity contribution in [1.29, 1.82) is 0 Å². The van der Waals surface area contributed by atoms with Crippen LogP contribution in [-0.2, 0) is 0 Å². The van der Waals surface area contributed by atoms with Crippen molar-refractivity contribution in [2.75, 3.05) is 20.3 Å². The molecule has 1 aliphatic rings. The van der Waals surface area contributed by atoms with Gasteiger partial charge in [-0.2, -0.15) is 0 Å². The van der Waals surface area contributed by atoms with Crippen LogP contribution in [0.5, 0.6) is 11.5 Å². The van der Waals surface area contributed by atoms with Crippen LogP contribution in [0.2, 0.25) is 0 Å². The van der Waals surface area contributed by atoms with E-state index in [4.69, 9.17) is 13.9 Å². The smallest absolute Gasteiger partial charge is 0.161 e. The number of nitrogens with one attached hydrogen (secondary N) is 1. The molecule has 4 heteroatoms. The van der Waals surface area contributed by atoms with Crippen molar-refractivity contribution in [3.63, 3.8) is 0 Å². The summed E-state index contributed by atoms with van der Waals surface area (Å²) in [5.41, 5.74) is 2.24. The van der Waals surface area contributed by atoms with Crippen molar-refractivity contribution < 1.29 is 13.9 Å². The van der Waals surface area contributed by atoms with Gasteiger partial charge in [0.2, 0.25) is 0 Å². The standard InChI is InChI=1S/C17H21NO3/c1-11-9-20-14-5-4-13(8-15(14)21-10-11)16(18-3)17-12(2)6-7-19-17/h4-8,11,16,18H,9-10H2,1-3H3. The molecule has 2 atom stereocenters. The Kier molecular flexibility index (Phi) is 3.88. The quantitative estimate of drug-likeness (QED) is 0.940. The summed E-state index contributed by atoms with van der Waals surface area (Å²) in [6, 6.07) is 8.06. The van der Waals surface area contributed by atoms with E-state index in [9.17, 15) is 0 Å². The molecule has 0 fully saturated rings. The zero-order chi connectivity index (χ0) is 14.8. The zero-order valence-corrected chi connectivity index (χ0v) is 12.7. The summed E-state index contributed by atoms with van der Waals surface area (Å²) >= 11 is 0. The second-order valence-electron chi connectivity index (χ2n) is 5.62. The molecular weight excluding hydrogens is 266 g/mol. The minimum absolute atomic E-state index is 0.00887. The van der Waals surface area contributed by atoms with Crippen LogP contribution in [0, 0.1) is 12.8 Å². The molecule has 3 rings (SSSR count). The fraction of sp³-hybridized carbons (Fsp3) is 0.412. The molecule has 0 amide bonds.